The molecule has 0 radical (unpaired) electrons. The lowest BCUT2D eigenvalue weighted by atomic mass is 10.2. The maximum atomic E-state index is 9.14. The van der Waals surface area contributed by atoms with Crippen molar-refractivity contribution < 1.29 is 14.2 Å². The van der Waals surface area contributed by atoms with Gasteiger partial charge in [-0.25, -0.2) is 0 Å². The van der Waals surface area contributed by atoms with Gasteiger partial charge in [-0.15, -0.1) is 11.8 Å². The van der Waals surface area contributed by atoms with Crippen LogP contribution >= 0.6 is 11.8 Å². The second-order valence-electron chi connectivity index (χ2n) is 3.75. The lowest BCUT2D eigenvalue weighted by molar-refractivity contribution is 0.0805. The molecule has 0 aromatic heterocycles. The highest BCUT2D eigenvalue weighted by atomic mass is 32.2. The second kappa shape index (κ2) is 9.68. The third kappa shape index (κ3) is 5.52. The van der Waals surface area contributed by atoms with E-state index in [9.17, 15) is 0 Å². The van der Waals surface area contributed by atoms with E-state index in [1.54, 1.807) is 7.11 Å². The highest BCUT2D eigenvalue weighted by molar-refractivity contribution is 7.98. The molecule has 0 unspecified atom stereocenters. The summed E-state index contributed by atoms with van der Waals surface area (Å²) in [6.07, 6.45) is 2.82. The number of hydrogen-bond acceptors (Lipinski definition) is 5. The fourth-order valence-electron chi connectivity index (χ4n) is 1.53. The van der Waals surface area contributed by atoms with Gasteiger partial charge >= 0.3 is 0 Å². The van der Waals surface area contributed by atoms with Crippen molar-refractivity contribution in [1.82, 2.24) is 0 Å². The molecule has 0 bridgehead atoms. The van der Waals surface area contributed by atoms with E-state index in [0.717, 1.165) is 11.3 Å². The van der Waals surface area contributed by atoms with Crippen molar-refractivity contribution in [2.24, 2.45) is 0 Å². The molecule has 0 spiro atoms. The van der Waals surface area contributed by atoms with Gasteiger partial charge in [-0.3, -0.25) is 0 Å². The van der Waals surface area contributed by atoms with Crippen LogP contribution in [0.4, 0.5) is 0 Å². The molecular weight excluding hydrogens is 262 g/mol. The zero-order valence-electron chi connectivity index (χ0n) is 11.3. The smallest absolute Gasteiger partial charge is 0.138 e. The summed E-state index contributed by atoms with van der Waals surface area (Å²) in [6.45, 7) is 2.32. The normalized spacial score (nSPS) is 10.2. The van der Waals surface area contributed by atoms with Gasteiger partial charge in [0.05, 0.1) is 6.61 Å². The summed E-state index contributed by atoms with van der Waals surface area (Å²) >= 11 is 1.54. The van der Waals surface area contributed by atoms with Crippen LogP contribution in [0.2, 0.25) is 0 Å². The number of nitrogens with zero attached hydrogens (tertiary/aromatic N) is 1. The van der Waals surface area contributed by atoms with E-state index in [0.29, 0.717) is 37.7 Å². The lowest BCUT2D eigenvalue weighted by Crippen LogP contribution is -2.09. The quantitative estimate of drug-likeness (QED) is 0.514. The zero-order chi connectivity index (χ0) is 13.9. The molecule has 1 rings (SSSR count). The first-order valence-electron chi connectivity index (χ1n) is 6.10. The number of ether oxygens (including phenoxy) is 3. The molecule has 1 aromatic rings. The topological polar surface area (TPSA) is 51.5 Å². The van der Waals surface area contributed by atoms with E-state index < -0.39 is 0 Å². The third-order valence-corrected chi connectivity index (χ3v) is 3.22. The summed E-state index contributed by atoms with van der Waals surface area (Å²) in [6, 6.07) is 7.79. The first-order chi connectivity index (χ1) is 9.33. The predicted octanol–water partition coefficient (Wildman–Crippen LogP) is 2.71. The molecule has 0 aliphatic heterocycles. The van der Waals surface area contributed by atoms with E-state index in [1.807, 2.05) is 24.5 Å². The molecule has 4 nitrogen and oxygen atoms in total. The van der Waals surface area contributed by atoms with Crippen molar-refractivity contribution in [3.05, 3.63) is 23.8 Å². The molecule has 0 heterocycles. The van der Waals surface area contributed by atoms with Crippen LogP contribution < -0.4 is 4.74 Å². The first kappa shape index (κ1) is 15.8. The van der Waals surface area contributed by atoms with Crippen LogP contribution in [0.5, 0.6) is 5.75 Å². The summed E-state index contributed by atoms with van der Waals surface area (Å²) < 4.78 is 15.9. The van der Waals surface area contributed by atoms with Crippen LogP contribution in [0.1, 0.15) is 12.0 Å². The summed E-state index contributed by atoms with van der Waals surface area (Å²) in [4.78, 5) is 0.931. The highest BCUT2D eigenvalue weighted by Crippen LogP contribution is 2.27. The molecular formula is C14H19NO3S. The van der Waals surface area contributed by atoms with Gasteiger partial charge in [0, 0.05) is 25.2 Å². The standard InChI is InChI=1S/C14H19NO3S/c1-16-7-4-8-17-9-10-18-13-5-3-6-14(19-2)12(13)11-15/h3,5-6H,4,7-10H2,1-2H3. The minimum atomic E-state index is 0.444. The number of hydrogen-bond donors (Lipinski definition) is 0. The number of methoxy groups -OCH3 is 1. The Balaban J connectivity index is 2.35. The van der Waals surface area contributed by atoms with Crippen LogP contribution in [0, 0.1) is 11.3 Å². The summed E-state index contributed by atoms with van der Waals surface area (Å²) in [5, 5.41) is 9.14. The Morgan fingerprint density at radius 2 is 2.05 bits per heavy atom. The van der Waals surface area contributed by atoms with E-state index in [1.165, 1.54) is 11.8 Å². The zero-order valence-corrected chi connectivity index (χ0v) is 12.2. The third-order valence-electron chi connectivity index (χ3n) is 2.44. The van der Waals surface area contributed by atoms with Gasteiger partial charge in [0.15, 0.2) is 0 Å². The predicted molar refractivity (Wildman–Crippen MR) is 75.7 cm³/mol. The van der Waals surface area contributed by atoms with Crippen LogP contribution in [-0.4, -0.2) is 39.8 Å². The van der Waals surface area contributed by atoms with Gasteiger partial charge in [0.1, 0.15) is 24.0 Å². The van der Waals surface area contributed by atoms with Gasteiger partial charge in [-0.1, -0.05) is 6.07 Å². The Labute approximate surface area is 118 Å². The fourth-order valence-corrected chi connectivity index (χ4v) is 2.09. The molecule has 0 fully saturated rings. The van der Waals surface area contributed by atoms with Crippen LogP contribution in [-0.2, 0) is 9.47 Å². The molecule has 0 saturated heterocycles. The van der Waals surface area contributed by atoms with Crippen molar-refractivity contribution in [1.29, 1.82) is 5.26 Å². The molecule has 0 aliphatic rings. The van der Waals surface area contributed by atoms with Gasteiger partial charge < -0.3 is 14.2 Å². The molecule has 19 heavy (non-hydrogen) atoms. The monoisotopic (exact) mass is 281 g/mol. The minimum Gasteiger partial charge on any atom is -0.490 e. The van der Waals surface area contributed by atoms with Crippen molar-refractivity contribution >= 4 is 11.8 Å². The molecule has 0 saturated carbocycles. The Morgan fingerprint density at radius 1 is 1.21 bits per heavy atom. The van der Waals surface area contributed by atoms with Gasteiger partial charge in [0.2, 0.25) is 0 Å². The SMILES string of the molecule is COCCCOCCOc1cccc(SC)c1C#N. The van der Waals surface area contributed by atoms with E-state index in [-0.39, 0.29) is 0 Å². The largest absolute Gasteiger partial charge is 0.490 e. The Hall–Kier alpha value is -1.22. The molecule has 0 N–H and O–H groups in total. The van der Waals surface area contributed by atoms with Gasteiger partial charge in [-0.05, 0) is 24.8 Å². The fraction of sp³-hybridized carbons (Fsp3) is 0.500. The lowest BCUT2D eigenvalue weighted by Gasteiger charge is -2.10. The molecule has 0 aliphatic carbocycles. The average molecular weight is 281 g/mol. The van der Waals surface area contributed by atoms with Crippen LogP contribution in [0.25, 0.3) is 0 Å². The average Bonchev–Trinajstić information content (AvgIpc) is 2.45. The van der Waals surface area contributed by atoms with Gasteiger partial charge in [-0.2, -0.15) is 5.26 Å². The Morgan fingerprint density at radius 3 is 2.74 bits per heavy atom. The molecule has 1 aromatic carbocycles. The van der Waals surface area contributed by atoms with E-state index >= 15 is 0 Å². The molecule has 0 atom stereocenters. The van der Waals surface area contributed by atoms with Crippen LogP contribution in [0.15, 0.2) is 23.1 Å². The van der Waals surface area contributed by atoms with Crippen LogP contribution in [0.3, 0.4) is 0 Å². The second-order valence-corrected chi connectivity index (χ2v) is 4.60. The Kier molecular flexibility index (Phi) is 8.07. The number of nitriles is 1. The maximum absolute atomic E-state index is 9.14. The number of benzene rings is 1. The van der Waals surface area contributed by atoms with Crippen molar-refractivity contribution in [2.75, 3.05) is 39.8 Å². The van der Waals surface area contributed by atoms with Crippen molar-refractivity contribution in [2.45, 2.75) is 11.3 Å². The first-order valence-corrected chi connectivity index (χ1v) is 7.32. The summed E-state index contributed by atoms with van der Waals surface area (Å²) in [7, 11) is 1.67. The van der Waals surface area contributed by atoms with E-state index in [4.69, 9.17) is 19.5 Å². The number of rotatable bonds is 9. The molecule has 104 valence electrons. The van der Waals surface area contributed by atoms with Crippen molar-refractivity contribution in [3.63, 3.8) is 0 Å². The van der Waals surface area contributed by atoms with Crippen molar-refractivity contribution in [3.8, 4) is 11.8 Å². The molecule has 5 heteroatoms. The summed E-state index contributed by atoms with van der Waals surface area (Å²) in [5.74, 6) is 0.620. The van der Waals surface area contributed by atoms with Gasteiger partial charge in [0.25, 0.3) is 0 Å². The minimum absolute atomic E-state index is 0.444. The highest BCUT2D eigenvalue weighted by Gasteiger charge is 2.07. The summed E-state index contributed by atoms with van der Waals surface area (Å²) in [5.41, 5.74) is 0.592. The van der Waals surface area contributed by atoms with E-state index in [2.05, 4.69) is 6.07 Å². The molecule has 0 amide bonds. The number of thioether (sulfide) groups is 1. The Bertz CT molecular complexity index is 418. The maximum Gasteiger partial charge on any atom is 0.138 e.